The zero-order chi connectivity index (χ0) is 22.2. The molecule has 2 heterocycles. The predicted octanol–water partition coefficient (Wildman–Crippen LogP) is 4.01. The first-order valence-electron chi connectivity index (χ1n) is 10.3. The van der Waals surface area contributed by atoms with Crippen LogP contribution < -0.4 is 9.64 Å². The van der Waals surface area contributed by atoms with E-state index in [4.69, 9.17) is 4.74 Å². The summed E-state index contributed by atoms with van der Waals surface area (Å²) in [6, 6.07) is 12.6. The molecule has 1 fully saturated rings. The maximum atomic E-state index is 13.2. The van der Waals surface area contributed by atoms with Gasteiger partial charge >= 0.3 is 6.18 Å². The summed E-state index contributed by atoms with van der Waals surface area (Å²) >= 11 is 0. The molecule has 2 aromatic rings. The van der Waals surface area contributed by atoms with E-state index in [0.29, 0.717) is 32.5 Å². The van der Waals surface area contributed by atoms with Crippen molar-refractivity contribution in [1.82, 2.24) is 4.90 Å². The number of hydrogen-bond donors (Lipinski definition) is 0. The summed E-state index contributed by atoms with van der Waals surface area (Å²) < 4.78 is 44.5. The minimum Gasteiger partial charge on any atom is -0.483 e. The molecule has 0 saturated carbocycles. The van der Waals surface area contributed by atoms with Crippen molar-refractivity contribution in [3.63, 3.8) is 0 Å². The van der Waals surface area contributed by atoms with Gasteiger partial charge in [0.25, 0.3) is 5.91 Å². The Morgan fingerprint density at radius 1 is 1.06 bits per heavy atom. The topological polar surface area (TPSA) is 49.9 Å². The van der Waals surface area contributed by atoms with Crippen LogP contribution in [-0.2, 0) is 21.2 Å². The summed E-state index contributed by atoms with van der Waals surface area (Å²) in [6.45, 7) is 2.72. The van der Waals surface area contributed by atoms with Crippen LogP contribution in [0.3, 0.4) is 0 Å². The highest BCUT2D eigenvalue weighted by Gasteiger charge is 2.51. The molecule has 2 aromatic carbocycles. The Morgan fingerprint density at radius 2 is 1.71 bits per heavy atom. The molecule has 2 amide bonds. The van der Waals surface area contributed by atoms with Gasteiger partial charge in [0.1, 0.15) is 5.75 Å². The smallest absolute Gasteiger partial charge is 0.419 e. The molecule has 4 rings (SSSR count). The van der Waals surface area contributed by atoms with Crippen molar-refractivity contribution in [3.8, 4) is 5.75 Å². The molecule has 0 unspecified atom stereocenters. The number of amides is 2. The molecule has 0 radical (unpaired) electrons. The molecule has 5 nitrogen and oxygen atoms in total. The zero-order valence-electron chi connectivity index (χ0n) is 17.1. The molecular weight excluding hydrogens is 409 g/mol. The Hall–Kier alpha value is -3.03. The number of nitrogens with zero attached hydrogens (tertiary/aromatic N) is 2. The Morgan fingerprint density at radius 3 is 2.39 bits per heavy atom. The first kappa shape index (κ1) is 21.2. The fourth-order valence-corrected chi connectivity index (χ4v) is 4.59. The third-order valence-corrected chi connectivity index (χ3v) is 6.19. The number of halogens is 3. The van der Waals surface area contributed by atoms with E-state index in [9.17, 15) is 22.8 Å². The molecule has 0 aromatic heterocycles. The van der Waals surface area contributed by atoms with Gasteiger partial charge in [-0.05, 0) is 43.5 Å². The summed E-state index contributed by atoms with van der Waals surface area (Å²) in [5.41, 5.74) is 0.354. The van der Waals surface area contributed by atoms with Crippen LogP contribution in [0.15, 0.2) is 48.5 Å². The first-order valence-corrected chi connectivity index (χ1v) is 10.3. The number of para-hydroxylation sites is 2. The number of piperidine rings is 1. The second kappa shape index (κ2) is 7.90. The van der Waals surface area contributed by atoms with Gasteiger partial charge in [-0.25, -0.2) is 0 Å². The average molecular weight is 432 g/mol. The summed E-state index contributed by atoms with van der Waals surface area (Å²) in [7, 11) is 0. The fourth-order valence-electron chi connectivity index (χ4n) is 4.59. The second-order valence-electron chi connectivity index (χ2n) is 7.81. The van der Waals surface area contributed by atoms with Crippen molar-refractivity contribution in [1.29, 1.82) is 0 Å². The number of fused-ring (bicyclic) bond motifs is 2. The van der Waals surface area contributed by atoms with Crippen molar-refractivity contribution in [3.05, 3.63) is 59.7 Å². The lowest BCUT2D eigenvalue weighted by Gasteiger charge is -2.38. The Labute approximate surface area is 178 Å². The number of likely N-dealkylation sites (tertiary alicyclic amines) is 1. The van der Waals surface area contributed by atoms with Crippen molar-refractivity contribution < 1.29 is 27.5 Å². The number of carbonyl (C=O) groups excluding carboxylic acids is 2. The molecule has 0 bridgehead atoms. The maximum absolute atomic E-state index is 13.2. The SMILES string of the molecule is CCN1C(=O)C2(CCN(C(=O)COc3ccccc3C(F)(F)F)CC2)c2ccccc21. The molecule has 0 N–H and O–H groups in total. The number of likely N-dealkylation sites (N-methyl/N-ethyl adjacent to an activating group) is 1. The lowest BCUT2D eigenvalue weighted by atomic mass is 9.73. The third-order valence-electron chi connectivity index (χ3n) is 6.19. The maximum Gasteiger partial charge on any atom is 0.419 e. The second-order valence-corrected chi connectivity index (χ2v) is 7.81. The van der Waals surface area contributed by atoms with Gasteiger partial charge in [-0.3, -0.25) is 9.59 Å². The summed E-state index contributed by atoms with van der Waals surface area (Å²) in [5.74, 6) is -0.702. The summed E-state index contributed by atoms with van der Waals surface area (Å²) in [5, 5.41) is 0. The molecule has 8 heteroatoms. The van der Waals surface area contributed by atoms with E-state index in [1.54, 1.807) is 9.80 Å². The third kappa shape index (κ3) is 3.64. The van der Waals surface area contributed by atoms with Crippen LogP contribution in [0.2, 0.25) is 0 Å². The fraction of sp³-hybridized carbons (Fsp3) is 0.391. The van der Waals surface area contributed by atoms with E-state index < -0.39 is 29.7 Å². The number of benzene rings is 2. The van der Waals surface area contributed by atoms with Crippen molar-refractivity contribution in [2.45, 2.75) is 31.4 Å². The van der Waals surface area contributed by atoms with E-state index in [2.05, 4.69) is 0 Å². The van der Waals surface area contributed by atoms with E-state index in [1.807, 2.05) is 31.2 Å². The molecule has 164 valence electrons. The van der Waals surface area contributed by atoms with Gasteiger partial charge in [0.05, 0.1) is 11.0 Å². The number of rotatable bonds is 4. The van der Waals surface area contributed by atoms with E-state index in [0.717, 1.165) is 17.3 Å². The van der Waals surface area contributed by atoms with Crippen LogP contribution in [0.1, 0.15) is 30.9 Å². The van der Waals surface area contributed by atoms with Gasteiger partial charge in [0.15, 0.2) is 6.61 Å². The van der Waals surface area contributed by atoms with Crippen LogP contribution in [0.5, 0.6) is 5.75 Å². The van der Waals surface area contributed by atoms with E-state index in [1.165, 1.54) is 18.2 Å². The monoisotopic (exact) mass is 432 g/mol. The summed E-state index contributed by atoms with van der Waals surface area (Å²) in [6.07, 6.45) is -3.60. The minimum atomic E-state index is -4.56. The zero-order valence-corrected chi connectivity index (χ0v) is 17.1. The van der Waals surface area contributed by atoms with Gasteiger partial charge in [-0.15, -0.1) is 0 Å². The molecule has 1 spiro atoms. The highest BCUT2D eigenvalue weighted by atomic mass is 19.4. The lowest BCUT2D eigenvalue weighted by Crippen LogP contribution is -2.51. The van der Waals surface area contributed by atoms with E-state index in [-0.39, 0.29) is 11.7 Å². The van der Waals surface area contributed by atoms with Crippen LogP contribution in [0.4, 0.5) is 18.9 Å². The van der Waals surface area contributed by atoms with Crippen LogP contribution in [0, 0.1) is 0 Å². The number of anilines is 1. The Kier molecular flexibility index (Phi) is 5.41. The van der Waals surface area contributed by atoms with Crippen LogP contribution in [-0.4, -0.2) is 43.0 Å². The standard InChI is InChI=1S/C23H23F3N2O3/c1-2-28-18-9-5-3-7-16(18)22(21(28)30)11-13-27(14-12-22)20(29)15-31-19-10-6-4-8-17(19)23(24,25)26/h3-10H,2,11-15H2,1H3. The molecule has 2 aliphatic heterocycles. The molecule has 1 saturated heterocycles. The molecular formula is C23H23F3N2O3. The van der Waals surface area contributed by atoms with Gasteiger partial charge in [0, 0.05) is 25.3 Å². The number of carbonyl (C=O) groups is 2. The van der Waals surface area contributed by atoms with Crippen LogP contribution >= 0.6 is 0 Å². The lowest BCUT2D eigenvalue weighted by molar-refractivity contribution is -0.141. The highest BCUT2D eigenvalue weighted by molar-refractivity contribution is 6.08. The quantitative estimate of drug-likeness (QED) is 0.734. The minimum absolute atomic E-state index is 0.0543. The van der Waals surface area contributed by atoms with E-state index >= 15 is 0 Å². The van der Waals surface area contributed by atoms with Crippen molar-refractivity contribution >= 4 is 17.5 Å². The van der Waals surface area contributed by atoms with Crippen molar-refractivity contribution in [2.24, 2.45) is 0 Å². The number of hydrogen-bond acceptors (Lipinski definition) is 3. The summed E-state index contributed by atoms with van der Waals surface area (Å²) in [4.78, 5) is 29.1. The van der Waals surface area contributed by atoms with Gasteiger partial charge in [0.2, 0.25) is 5.91 Å². The molecule has 31 heavy (non-hydrogen) atoms. The van der Waals surface area contributed by atoms with Gasteiger partial charge < -0.3 is 14.5 Å². The van der Waals surface area contributed by atoms with Gasteiger partial charge in [-0.2, -0.15) is 13.2 Å². The average Bonchev–Trinajstić information content (AvgIpc) is 2.99. The molecule has 0 atom stereocenters. The number of ether oxygens (including phenoxy) is 1. The Balaban J connectivity index is 1.43. The highest BCUT2D eigenvalue weighted by Crippen LogP contribution is 2.47. The first-order chi connectivity index (χ1) is 14.8. The molecule has 2 aliphatic rings. The number of alkyl halides is 3. The molecule has 0 aliphatic carbocycles. The van der Waals surface area contributed by atoms with Gasteiger partial charge in [-0.1, -0.05) is 30.3 Å². The largest absolute Gasteiger partial charge is 0.483 e. The normalized spacial score (nSPS) is 17.7. The van der Waals surface area contributed by atoms with Crippen LogP contribution in [0.25, 0.3) is 0 Å². The predicted molar refractivity (Wildman–Crippen MR) is 109 cm³/mol. The Bertz CT molecular complexity index is 998. The van der Waals surface area contributed by atoms with Crippen molar-refractivity contribution in [2.75, 3.05) is 31.1 Å².